The van der Waals surface area contributed by atoms with Crippen LogP contribution in [0.4, 0.5) is 0 Å². The number of benzene rings is 2. The van der Waals surface area contributed by atoms with Crippen LogP contribution in [0.5, 0.6) is 5.75 Å². The molecule has 0 aliphatic carbocycles. The van der Waals surface area contributed by atoms with Crippen molar-refractivity contribution >= 4 is 17.6 Å². The molecule has 0 atom stereocenters. The lowest BCUT2D eigenvalue weighted by Crippen LogP contribution is -2.38. The van der Waals surface area contributed by atoms with Crippen LogP contribution in [-0.2, 0) is 19.3 Å². The Kier molecular flexibility index (Phi) is 7.04. The number of ether oxygens (including phenoxy) is 1. The molecule has 162 valence electrons. The highest BCUT2D eigenvalue weighted by molar-refractivity contribution is 6.30. The summed E-state index contributed by atoms with van der Waals surface area (Å²) in [5.74, 6) is 2.88. The van der Waals surface area contributed by atoms with Crippen LogP contribution in [0.1, 0.15) is 23.9 Å². The Morgan fingerprint density at radius 3 is 2.97 bits per heavy atom. The van der Waals surface area contributed by atoms with E-state index in [1.807, 2.05) is 31.2 Å². The predicted octanol–water partition coefficient (Wildman–Crippen LogP) is 3.67. The number of fused-ring (bicyclic) bond motifs is 1. The van der Waals surface area contributed by atoms with Gasteiger partial charge in [-0.3, -0.25) is 4.99 Å². The minimum atomic E-state index is 0.534. The third-order valence-electron chi connectivity index (χ3n) is 4.95. The normalized spacial score (nSPS) is 13.0. The standard InChI is InChI=1S/C23H26ClN5O2/c1-2-25-23(26-11-8-16-6-7-20-17(14-16)10-13-30-20)27-12-9-21-28-22(29-31-21)18-4-3-5-19(24)15-18/h3-7,14-15H,2,8-13H2,1H3,(H2,25,26,27). The van der Waals surface area contributed by atoms with Crippen molar-refractivity contribution in [3.05, 3.63) is 64.5 Å². The Balaban J connectivity index is 1.28. The number of hydrogen-bond donors (Lipinski definition) is 2. The zero-order valence-electron chi connectivity index (χ0n) is 17.5. The molecule has 0 radical (unpaired) electrons. The molecule has 0 bridgehead atoms. The van der Waals surface area contributed by atoms with E-state index in [4.69, 9.17) is 20.9 Å². The van der Waals surface area contributed by atoms with Crippen molar-refractivity contribution in [2.24, 2.45) is 4.99 Å². The van der Waals surface area contributed by atoms with Gasteiger partial charge in [0.1, 0.15) is 5.75 Å². The molecule has 2 aromatic carbocycles. The van der Waals surface area contributed by atoms with Crippen molar-refractivity contribution in [2.75, 3.05) is 26.2 Å². The summed E-state index contributed by atoms with van der Waals surface area (Å²) in [5.41, 5.74) is 3.43. The average Bonchev–Trinajstić information content (AvgIpc) is 3.43. The number of nitrogens with zero attached hydrogens (tertiary/aromatic N) is 3. The number of aromatic nitrogens is 2. The molecule has 0 fully saturated rings. The van der Waals surface area contributed by atoms with Gasteiger partial charge in [-0.15, -0.1) is 0 Å². The van der Waals surface area contributed by atoms with Crippen molar-refractivity contribution in [2.45, 2.75) is 26.2 Å². The van der Waals surface area contributed by atoms with Crippen molar-refractivity contribution < 1.29 is 9.26 Å². The van der Waals surface area contributed by atoms with Crippen LogP contribution in [0.15, 0.2) is 52.0 Å². The van der Waals surface area contributed by atoms with Gasteiger partial charge in [-0.2, -0.15) is 4.98 Å². The molecule has 7 nitrogen and oxygen atoms in total. The molecule has 0 saturated heterocycles. The summed E-state index contributed by atoms with van der Waals surface area (Å²) in [7, 11) is 0. The van der Waals surface area contributed by atoms with Gasteiger partial charge in [0.05, 0.1) is 13.2 Å². The second-order valence-corrected chi connectivity index (χ2v) is 7.69. The Morgan fingerprint density at radius 1 is 1.16 bits per heavy atom. The molecule has 1 aromatic heterocycles. The largest absolute Gasteiger partial charge is 0.493 e. The van der Waals surface area contributed by atoms with E-state index >= 15 is 0 Å². The lowest BCUT2D eigenvalue weighted by atomic mass is 10.1. The summed E-state index contributed by atoms with van der Waals surface area (Å²) >= 11 is 6.03. The topological polar surface area (TPSA) is 84.6 Å². The molecule has 1 aliphatic rings. The van der Waals surface area contributed by atoms with Gasteiger partial charge >= 0.3 is 0 Å². The first-order valence-corrected chi connectivity index (χ1v) is 10.9. The monoisotopic (exact) mass is 439 g/mol. The highest BCUT2D eigenvalue weighted by Crippen LogP contribution is 2.26. The molecular formula is C23H26ClN5O2. The number of guanidine groups is 1. The van der Waals surface area contributed by atoms with Crippen LogP contribution in [0.2, 0.25) is 5.02 Å². The number of nitrogens with one attached hydrogen (secondary N) is 2. The second-order valence-electron chi connectivity index (χ2n) is 7.25. The maximum atomic E-state index is 6.03. The quantitative estimate of drug-likeness (QED) is 0.411. The molecule has 0 amide bonds. The number of hydrogen-bond acceptors (Lipinski definition) is 5. The van der Waals surface area contributed by atoms with Gasteiger partial charge in [-0.25, -0.2) is 0 Å². The van der Waals surface area contributed by atoms with Gasteiger partial charge < -0.3 is 19.9 Å². The zero-order chi connectivity index (χ0) is 21.5. The van der Waals surface area contributed by atoms with Crippen molar-refractivity contribution in [3.8, 4) is 17.1 Å². The third kappa shape index (κ3) is 5.76. The average molecular weight is 440 g/mol. The number of halogens is 1. The first-order valence-electron chi connectivity index (χ1n) is 10.6. The van der Waals surface area contributed by atoms with Crippen LogP contribution in [0, 0.1) is 0 Å². The SMILES string of the molecule is CCNC(=NCCc1nc(-c2cccc(Cl)c2)no1)NCCc1ccc2c(c1)CCO2. The minimum absolute atomic E-state index is 0.534. The molecule has 8 heteroatoms. The predicted molar refractivity (Wildman–Crippen MR) is 122 cm³/mol. The van der Waals surface area contributed by atoms with Crippen LogP contribution in [0.3, 0.4) is 0 Å². The third-order valence-corrected chi connectivity index (χ3v) is 5.19. The molecule has 31 heavy (non-hydrogen) atoms. The summed E-state index contributed by atoms with van der Waals surface area (Å²) < 4.78 is 10.9. The Bertz CT molecular complexity index is 1050. The van der Waals surface area contributed by atoms with Crippen LogP contribution >= 0.6 is 11.6 Å². The summed E-state index contributed by atoms with van der Waals surface area (Å²) in [6.07, 6.45) is 2.48. The maximum Gasteiger partial charge on any atom is 0.228 e. The van der Waals surface area contributed by atoms with Crippen molar-refractivity contribution in [3.63, 3.8) is 0 Å². The zero-order valence-corrected chi connectivity index (χ0v) is 18.3. The van der Waals surface area contributed by atoms with Crippen molar-refractivity contribution in [1.82, 2.24) is 20.8 Å². The molecule has 0 spiro atoms. The molecule has 0 saturated carbocycles. The molecule has 4 rings (SSSR count). The summed E-state index contributed by atoms with van der Waals surface area (Å²) in [6, 6.07) is 13.8. The number of rotatable bonds is 8. The lowest BCUT2D eigenvalue weighted by Gasteiger charge is -2.11. The van der Waals surface area contributed by atoms with E-state index in [2.05, 4.69) is 44.0 Å². The molecule has 0 unspecified atom stereocenters. The summed E-state index contributed by atoms with van der Waals surface area (Å²) in [5, 5.41) is 11.3. The number of aliphatic imine (C=N–C) groups is 1. The Hall–Kier alpha value is -3.06. The summed E-state index contributed by atoms with van der Waals surface area (Å²) in [4.78, 5) is 9.06. The first kappa shape index (κ1) is 21.2. The molecule has 2 heterocycles. The van der Waals surface area contributed by atoms with Gasteiger partial charge in [-0.05, 0) is 42.7 Å². The van der Waals surface area contributed by atoms with E-state index < -0.39 is 0 Å². The molecule has 1 aliphatic heterocycles. The van der Waals surface area contributed by atoms with Gasteiger partial charge in [0.25, 0.3) is 0 Å². The van der Waals surface area contributed by atoms with Gasteiger partial charge in [0, 0.05) is 36.5 Å². The summed E-state index contributed by atoms with van der Waals surface area (Å²) in [6.45, 7) is 4.97. The lowest BCUT2D eigenvalue weighted by molar-refractivity contribution is 0.357. The minimum Gasteiger partial charge on any atom is -0.493 e. The first-order chi connectivity index (χ1) is 15.2. The highest BCUT2D eigenvalue weighted by Gasteiger charge is 2.12. The molecule has 2 N–H and O–H groups in total. The van der Waals surface area contributed by atoms with E-state index in [1.165, 1.54) is 11.1 Å². The van der Waals surface area contributed by atoms with Crippen LogP contribution in [-0.4, -0.2) is 42.3 Å². The van der Waals surface area contributed by atoms with Crippen LogP contribution < -0.4 is 15.4 Å². The smallest absolute Gasteiger partial charge is 0.228 e. The van der Waals surface area contributed by atoms with Gasteiger partial charge in [-0.1, -0.05) is 41.0 Å². The van der Waals surface area contributed by atoms with E-state index in [0.29, 0.717) is 29.7 Å². The molecular weight excluding hydrogens is 414 g/mol. The second kappa shape index (κ2) is 10.3. The fraction of sp³-hybridized carbons (Fsp3) is 0.348. The highest BCUT2D eigenvalue weighted by atomic mass is 35.5. The van der Waals surface area contributed by atoms with Crippen molar-refractivity contribution in [1.29, 1.82) is 0 Å². The van der Waals surface area contributed by atoms with E-state index in [-0.39, 0.29) is 0 Å². The van der Waals surface area contributed by atoms with Gasteiger partial charge in [0.15, 0.2) is 5.96 Å². The maximum absolute atomic E-state index is 6.03. The van der Waals surface area contributed by atoms with Gasteiger partial charge in [0.2, 0.25) is 11.7 Å². The van der Waals surface area contributed by atoms with E-state index in [1.54, 1.807) is 0 Å². The molecule has 3 aromatic rings. The fourth-order valence-corrected chi connectivity index (χ4v) is 3.62. The fourth-order valence-electron chi connectivity index (χ4n) is 3.43. The Morgan fingerprint density at radius 2 is 2.10 bits per heavy atom. The van der Waals surface area contributed by atoms with E-state index in [0.717, 1.165) is 49.8 Å². The Labute approximate surface area is 186 Å². The van der Waals surface area contributed by atoms with Crippen LogP contribution in [0.25, 0.3) is 11.4 Å². The van der Waals surface area contributed by atoms with E-state index in [9.17, 15) is 0 Å².